The first-order valence-corrected chi connectivity index (χ1v) is 10.2. The average molecular weight is 516 g/mol. The van der Waals surface area contributed by atoms with E-state index in [1.807, 2.05) is 6.20 Å². The van der Waals surface area contributed by atoms with E-state index in [9.17, 15) is 0 Å². The van der Waals surface area contributed by atoms with Gasteiger partial charge in [0, 0.05) is 48.1 Å². The van der Waals surface area contributed by atoms with Gasteiger partial charge in [0.25, 0.3) is 0 Å². The van der Waals surface area contributed by atoms with Gasteiger partial charge in [0.05, 0.1) is 18.7 Å². The monoisotopic (exact) mass is 516 g/mol. The number of hydrogen-bond donors (Lipinski definition) is 2. The molecule has 0 bridgehead atoms. The molecule has 0 amide bonds. The van der Waals surface area contributed by atoms with Gasteiger partial charge in [0.2, 0.25) is 0 Å². The topological polar surface area (TPSA) is 67.8 Å². The zero-order valence-corrected chi connectivity index (χ0v) is 20.0. The van der Waals surface area contributed by atoms with E-state index in [0.29, 0.717) is 6.54 Å². The van der Waals surface area contributed by atoms with Crippen molar-refractivity contribution < 1.29 is 9.47 Å². The van der Waals surface area contributed by atoms with Crippen molar-refractivity contribution in [1.82, 2.24) is 15.6 Å². The largest absolute Gasteiger partial charge is 0.496 e. The van der Waals surface area contributed by atoms with Gasteiger partial charge in [0.15, 0.2) is 5.96 Å². The van der Waals surface area contributed by atoms with E-state index in [-0.39, 0.29) is 30.1 Å². The lowest BCUT2D eigenvalue weighted by Gasteiger charge is -2.13. The Morgan fingerprint density at radius 2 is 2.21 bits per heavy atom. The molecule has 0 fully saturated rings. The first-order valence-electron chi connectivity index (χ1n) is 9.39. The molecule has 3 rings (SSSR count). The third-order valence-corrected chi connectivity index (χ3v) is 5.32. The summed E-state index contributed by atoms with van der Waals surface area (Å²) in [5.74, 6) is 2.61. The molecule has 2 heterocycles. The van der Waals surface area contributed by atoms with Crippen molar-refractivity contribution in [2.45, 2.75) is 46.3 Å². The molecular formula is C20H29IN4O2S. The second kappa shape index (κ2) is 10.8. The lowest BCUT2D eigenvalue weighted by molar-refractivity contribution is 0.254. The lowest BCUT2D eigenvalue weighted by atomic mass is 10.1. The van der Waals surface area contributed by atoms with Crippen molar-refractivity contribution in [2.24, 2.45) is 4.99 Å². The summed E-state index contributed by atoms with van der Waals surface area (Å²) in [6.45, 7) is 8.35. The van der Waals surface area contributed by atoms with Crippen LogP contribution in [0.2, 0.25) is 0 Å². The van der Waals surface area contributed by atoms with Crippen LogP contribution in [0.4, 0.5) is 0 Å². The second-order valence-electron chi connectivity index (χ2n) is 6.64. The molecule has 8 heteroatoms. The molecule has 1 aliphatic rings. The molecule has 2 aromatic rings. The molecule has 0 radical (unpaired) electrons. The highest BCUT2D eigenvalue weighted by molar-refractivity contribution is 14.0. The zero-order chi connectivity index (χ0) is 19.2. The van der Waals surface area contributed by atoms with E-state index in [2.05, 4.69) is 48.5 Å². The van der Waals surface area contributed by atoms with Crippen LogP contribution in [0.15, 0.2) is 23.3 Å². The number of rotatable bonds is 7. The van der Waals surface area contributed by atoms with E-state index in [0.717, 1.165) is 54.0 Å². The molecule has 1 aliphatic heterocycles. The first-order chi connectivity index (χ1) is 13.1. The Balaban J connectivity index is 0.00000280. The molecule has 154 valence electrons. The number of aryl methyl sites for hydroxylation is 1. The Labute approximate surface area is 188 Å². The van der Waals surface area contributed by atoms with Gasteiger partial charge >= 0.3 is 0 Å². The van der Waals surface area contributed by atoms with Crippen LogP contribution < -0.4 is 20.1 Å². The van der Waals surface area contributed by atoms with Crippen molar-refractivity contribution in [1.29, 1.82) is 0 Å². The number of benzene rings is 1. The van der Waals surface area contributed by atoms with Crippen molar-refractivity contribution in [3.63, 3.8) is 0 Å². The smallest absolute Gasteiger partial charge is 0.191 e. The predicted molar refractivity (Wildman–Crippen MR) is 126 cm³/mol. The quantitative estimate of drug-likeness (QED) is 0.334. The minimum Gasteiger partial charge on any atom is -0.496 e. The maximum absolute atomic E-state index is 5.88. The number of nitrogens with zero attached hydrogens (tertiary/aromatic N) is 2. The maximum atomic E-state index is 5.88. The summed E-state index contributed by atoms with van der Waals surface area (Å²) >= 11 is 1.74. The summed E-state index contributed by atoms with van der Waals surface area (Å²) in [5, 5.41) is 7.81. The fourth-order valence-electron chi connectivity index (χ4n) is 3.11. The summed E-state index contributed by atoms with van der Waals surface area (Å²) in [4.78, 5) is 10.4. The van der Waals surface area contributed by atoms with Crippen LogP contribution in [0.3, 0.4) is 0 Å². The average Bonchev–Trinajstić information content (AvgIpc) is 3.22. The number of halogens is 1. The molecule has 1 aromatic heterocycles. The summed E-state index contributed by atoms with van der Waals surface area (Å²) < 4.78 is 11.4. The third kappa shape index (κ3) is 5.97. The number of ether oxygens (including phenoxy) is 2. The van der Waals surface area contributed by atoms with E-state index in [1.165, 1.54) is 10.4 Å². The van der Waals surface area contributed by atoms with Crippen LogP contribution in [-0.4, -0.2) is 37.2 Å². The number of methoxy groups -OCH3 is 1. The molecule has 0 spiro atoms. The van der Waals surface area contributed by atoms with Gasteiger partial charge < -0.3 is 20.1 Å². The second-order valence-corrected chi connectivity index (χ2v) is 7.96. The van der Waals surface area contributed by atoms with Gasteiger partial charge in [-0.3, -0.25) is 0 Å². The normalized spacial score (nSPS) is 15.4. The van der Waals surface area contributed by atoms with Crippen LogP contribution in [0.1, 0.15) is 34.9 Å². The summed E-state index contributed by atoms with van der Waals surface area (Å²) in [7, 11) is 1.70. The van der Waals surface area contributed by atoms with Gasteiger partial charge in [0.1, 0.15) is 17.6 Å². The number of aliphatic imine (C=N–C) groups is 1. The van der Waals surface area contributed by atoms with Crippen LogP contribution in [0.25, 0.3) is 0 Å². The number of guanidine groups is 1. The SMILES string of the molecule is CCNC(=NCc1cc2c(cc1OC)CC(C)O2)NCCc1ncc(C)s1.I. The molecule has 2 N–H and O–H groups in total. The van der Waals surface area contributed by atoms with Gasteiger partial charge in [-0.1, -0.05) is 0 Å². The third-order valence-electron chi connectivity index (χ3n) is 4.35. The van der Waals surface area contributed by atoms with Crippen LogP contribution in [-0.2, 0) is 19.4 Å². The maximum Gasteiger partial charge on any atom is 0.191 e. The molecule has 1 atom stereocenters. The van der Waals surface area contributed by atoms with E-state index in [1.54, 1.807) is 18.4 Å². The fraction of sp³-hybridized carbons (Fsp3) is 0.500. The molecule has 1 aromatic carbocycles. The number of thiazole rings is 1. The Morgan fingerprint density at radius 3 is 2.89 bits per heavy atom. The van der Waals surface area contributed by atoms with Crippen molar-refractivity contribution >= 4 is 41.3 Å². The van der Waals surface area contributed by atoms with E-state index >= 15 is 0 Å². The molecule has 28 heavy (non-hydrogen) atoms. The van der Waals surface area contributed by atoms with E-state index in [4.69, 9.17) is 14.5 Å². The Bertz CT molecular complexity index is 809. The highest BCUT2D eigenvalue weighted by Crippen LogP contribution is 2.35. The summed E-state index contributed by atoms with van der Waals surface area (Å²) in [6, 6.07) is 4.14. The summed E-state index contributed by atoms with van der Waals surface area (Å²) in [5.41, 5.74) is 2.23. The van der Waals surface area contributed by atoms with Crippen LogP contribution in [0.5, 0.6) is 11.5 Å². The minimum atomic E-state index is 0. The van der Waals surface area contributed by atoms with Gasteiger partial charge in [-0.25, -0.2) is 9.98 Å². The molecule has 0 saturated heterocycles. The molecule has 1 unspecified atom stereocenters. The minimum absolute atomic E-state index is 0. The van der Waals surface area contributed by atoms with E-state index < -0.39 is 0 Å². The lowest BCUT2D eigenvalue weighted by Crippen LogP contribution is -2.38. The standard InChI is InChI=1S/C20H28N4O2S.HI/c1-5-21-20(22-7-6-19-23-11-14(3)27-19)24-12-16-10-18-15(8-13(2)26-18)9-17(16)25-4;/h9-11,13H,5-8,12H2,1-4H3,(H2,21,22,24);1H. The Morgan fingerprint density at radius 1 is 1.39 bits per heavy atom. The van der Waals surface area contributed by atoms with Gasteiger partial charge in [-0.15, -0.1) is 35.3 Å². The van der Waals surface area contributed by atoms with Crippen LogP contribution >= 0.6 is 35.3 Å². The zero-order valence-electron chi connectivity index (χ0n) is 16.9. The molecule has 0 aliphatic carbocycles. The molecular weight excluding hydrogens is 487 g/mol. The fourth-order valence-corrected chi connectivity index (χ4v) is 3.89. The Hall–Kier alpha value is -1.55. The Kier molecular flexibility index (Phi) is 8.81. The first kappa shape index (κ1) is 22.7. The number of fused-ring (bicyclic) bond motifs is 1. The van der Waals surface area contributed by atoms with Gasteiger partial charge in [-0.2, -0.15) is 0 Å². The van der Waals surface area contributed by atoms with Crippen LogP contribution in [0, 0.1) is 6.92 Å². The highest BCUT2D eigenvalue weighted by atomic mass is 127. The molecule has 6 nitrogen and oxygen atoms in total. The molecule has 0 saturated carbocycles. The van der Waals surface area contributed by atoms with Crippen molar-refractivity contribution in [3.05, 3.63) is 39.3 Å². The predicted octanol–water partition coefficient (Wildman–Crippen LogP) is 3.70. The number of nitrogens with one attached hydrogen (secondary N) is 2. The number of hydrogen-bond acceptors (Lipinski definition) is 5. The van der Waals surface area contributed by atoms with Gasteiger partial charge in [-0.05, 0) is 32.9 Å². The van der Waals surface area contributed by atoms with Crippen molar-refractivity contribution in [3.8, 4) is 11.5 Å². The number of aromatic nitrogens is 1. The summed E-state index contributed by atoms with van der Waals surface area (Å²) in [6.07, 6.45) is 3.95. The highest BCUT2D eigenvalue weighted by Gasteiger charge is 2.21. The van der Waals surface area contributed by atoms with Crippen molar-refractivity contribution in [2.75, 3.05) is 20.2 Å².